The molecule has 0 radical (unpaired) electrons. The number of carbonyl (C=O) groups is 3. The van der Waals surface area contributed by atoms with Crippen molar-refractivity contribution in [2.24, 2.45) is 0 Å². The van der Waals surface area contributed by atoms with Crippen molar-refractivity contribution in [3.63, 3.8) is 0 Å². The summed E-state index contributed by atoms with van der Waals surface area (Å²) in [5, 5.41) is 7.66. The Kier molecular flexibility index (Phi) is 5.60. The predicted molar refractivity (Wildman–Crippen MR) is 104 cm³/mol. The minimum Gasteiger partial charge on any atom is -0.343 e. The Morgan fingerprint density at radius 3 is 2.41 bits per heavy atom. The number of nitrogens with zero attached hydrogens (tertiary/aromatic N) is 1. The van der Waals surface area contributed by atoms with Crippen LogP contribution in [0, 0.1) is 0 Å². The summed E-state index contributed by atoms with van der Waals surface area (Å²) in [6, 6.07) is 12.7. The third kappa shape index (κ3) is 3.73. The number of hydrogen-bond acceptors (Lipinski definition) is 4. The molecule has 0 bridgehead atoms. The number of nitrogens with one attached hydrogen (secondary N) is 2. The van der Waals surface area contributed by atoms with Crippen LogP contribution in [-0.2, 0) is 9.59 Å². The third-order valence-electron chi connectivity index (χ3n) is 5.02. The fourth-order valence-corrected chi connectivity index (χ4v) is 4.12. The topological polar surface area (TPSA) is 78.5 Å². The lowest BCUT2D eigenvalue weighted by Gasteiger charge is -2.23. The van der Waals surface area contributed by atoms with E-state index >= 15 is 0 Å². The lowest BCUT2D eigenvalue weighted by atomic mass is 9.93. The van der Waals surface area contributed by atoms with E-state index in [2.05, 4.69) is 10.6 Å². The first-order valence-corrected chi connectivity index (χ1v) is 9.90. The van der Waals surface area contributed by atoms with Crippen molar-refractivity contribution < 1.29 is 14.4 Å². The molecule has 4 amide bonds. The van der Waals surface area contributed by atoms with Crippen LogP contribution in [0.1, 0.15) is 43.2 Å². The van der Waals surface area contributed by atoms with E-state index in [1.165, 1.54) is 0 Å². The van der Waals surface area contributed by atoms with Gasteiger partial charge in [-0.05, 0) is 29.9 Å². The van der Waals surface area contributed by atoms with Gasteiger partial charge in [-0.1, -0.05) is 50.2 Å². The van der Waals surface area contributed by atoms with E-state index < -0.39 is 11.6 Å². The Morgan fingerprint density at radius 2 is 1.85 bits per heavy atom. The zero-order chi connectivity index (χ0) is 19.4. The lowest BCUT2D eigenvalue weighted by Crippen LogP contribution is -2.46. The molecule has 0 spiro atoms. The number of benzene rings is 1. The van der Waals surface area contributed by atoms with E-state index in [1.54, 1.807) is 11.3 Å². The minimum atomic E-state index is -0.899. The predicted octanol–water partition coefficient (Wildman–Crippen LogP) is 3.06. The van der Waals surface area contributed by atoms with Gasteiger partial charge in [-0.15, -0.1) is 11.3 Å². The van der Waals surface area contributed by atoms with Gasteiger partial charge >= 0.3 is 6.03 Å². The van der Waals surface area contributed by atoms with Gasteiger partial charge in [0.2, 0.25) is 5.91 Å². The van der Waals surface area contributed by atoms with Gasteiger partial charge in [-0.3, -0.25) is 14.5 Å². The second-order valence-electron chi connectivity index (χ2n) is 6.54. The van der Waals surface area contributed by atoms with Gasteiger partial charge in [0, 0.05) is 4.88 Å². The van der Waals surface area contributed by atoms with Crippen molar-refractivity contribution in [1.82, 2.24) is 15.5 Å². The van der Waals surface area contributed by atoms with Crippen LogP contribution in [-0.4, -0.2) is 34.8 Å². The van der Waals surface area contributed by atoms with Crippen molar-refractivity contribution in [3.8, 4) is 0 Å². The molecule has 1 saturated heterocycles. The van der Waals surface area contributed by atoms with Crippen LogP contribution in [0.2, 0.25) is 0 Å². The molecule has 7 heteroatoms. The second kappa shape index (κ2) is 7.92. The van der Waals surface area contributed by atoms with Gasteiger partial charge in [-0.2, -0.15) is 0 Å². The van der Waals surface area contributed by atoms with Crippen molar-refractivity contribution in [1.29, 1.82) is 0 Å². The van der Waals surface area contributed by atoms with Gasteiger partial charge in [0.15, 0.2) is 0 Å². The average molecular weight is 385 g/mol. The minimum absolute atomic E-state index is 0.291. The molecule has 0 unspecified atom stereocenters. The fraction of sp³-hybridized carbons (Fsp3) is 0.350. The molecule has 1 aromatic heterocycles. The molecular formula is C20H23N3O3S. The monoisotopic (exact) mass is 385 g/mol. The van der Waals surface area contributed by atoms with Crippen LogP contribution in [0.5, 0.6) is 0 Å². The molecule has 3 rings (SSSR count). The molecule has 2 N–H and O–H groups in total. The lowest BCUT2D eigenvalue weighted by molar-refractivity contribution is -0.135. The SMILES string of the molecule is CCC1(CC)NC(=O)N(CC(=O)N[C@@H](c2ccccc2)c2cccs2)C1=O. The zero-order valence-electron chi connectivity index (χ0n) is 15.4. The highest BCUT2D eigenvalue weighted by Crippen LogP contribution is 2.27. The molecule has 1 aromatic carbocycles. The summed E-state index contributed by atoms with van der Waals surface area (Å²) >= 11 is 1.54. The van der Waals surface area contributed by atoms with Gasteiger partial charge < -0.3 is 10.6 Å². The first-order chi connectivity index (χ1) is 13.0. The highest BCUT2D eigenvalue weighted by Gasteiger charge is 2.49. The van der Waals surface area contributed by atoms with Gasteiger partial charge in [-0.25, -0.2) is 4.79 Å². The summed E-state index contributed by atoms with van der Waals surface area (Å²) in [6.07, 6.45) is 0.988. The Labute approximate surface area is 162 Å². The van der Waals surface area contributed by atoms with E-state index in [0.29, 0.717) is 12.8 Å². The quantitative estimate of drug-likeness (QED) is 0.719. The van der Waals surface area contributed by atoms with E-state index in [4.69, 9.17) is 0 Å². The van der Waals surface area contributed by atoms with Crippen LogP contribution >= 0.6 is 11.3 Å². The Morgan fingerprint density at radius 1 is 1.15 bits per heavy atom. The fourth-order valence-electron chi connectivity index (χ4n) is 3.32. The maximum Gasteiger partial charge on any atom is 0.325 e. The molecule has 0 saturated carbocycles. The first-order valence-electron chi connectivity index (χ1n) is 9.02. The van der Waals surface area contributed by atoms with E-state index in [0.717, 1.165) is 15.3 Å². The highest BCUT2D eigenvalue weighted by molar-refractivity contribution is 7.10. The van der Waals surface area contributed by atoms with Crippen molar-refractivity contribution in [2.75, 3.05) is 6.54 Å². The number of urea groups is 1. The molecule has 6 nitrogen and oxygen atoms in total. The molecule has 1 aliphatic heterocycles. The summed E-state index contributed by atoms with van der Waals surface area (Å²) in [7, 11) is 0. The molecule has 0 aliphatic carbocycles. The number of hydrogen-bond donors (Lipinski definition) is 2. The number of rotatable bonds is 7. The summed E-state index contributed by atoms with van der Waals surface area (Å²) in [5.41, 5.74) is 0.0474. The van der Waals surface area contributed by atoms with E-state index in [-0.39, 0.29) is 24.4 Å². The van der Waals surface area contributed by atoms with Crippen LogP contribution < -0.4 is 10.6 Å². The van der Waals surface area contributed by atoms with Gasteiger partial charge in [0.1, 0.15) is 12.1 Å². The molecule has 1 atom stereocenters. The van der Waals surface area contributed by atoms with Gasteiger partial charge in [0.25, 0.3) is 5.91 Å². The number of amides is 4. The normalized spacial score (nSPS) is 16.9. The smallest absolute Gasteiger partial charge is 0.325 e. The Balaban J connectivity index is 1.76. The van der Waals surface area contributed by atoms with E-state index in [9.17, 15) is 14.4 Å². The molecule has 1 aliphatic rings. The Hall–Kier alpha value is -2.67. The first kappa shape index (κ1) is 19.1. The van der Waals surface area contributed by atoms with Crippen LogP contribution in [0.3, 0.4) is 0 Å². The number of carbonyl (C=O) groups excluding carboxylic acids is 3. The van der Waals surface area contributed by atoms with Crippen LogP contribution in [0.4, 0.5) is 4.79 Å². The highest BCUT2D eigenvalue weighted by atomic mass is 32.1. The summed E-state index contributed by atoms with van der Waals surface area (Å²) in [6.45, 7) is 3.42. The number of imide groups is 1. The maximum absolute atomic E-state index is 12.7. The maximum atomic E-state index is 12.7. The molecule has 142 valence electrons. The van der Waals surface area contributed by atoms with Crippen LogP contribution in [0.25, 0.3) is 0 Å². The zero-order valence-corrected chi connectivity index (χ0v) is 16.2. The summed E-state index contributed by atoms with van der Waals surface area (Å²) in [4.78, 5) is 39.6. The third-order valence-corrected chi connectivity index (χ3v) is 5.96. The summed E-state index contributed by atoms with van der Waals surface area (Å²) in [5.74, 6) is -0.705. The van der Waals surface area contributed by atoms with Crippen molar-refractivity contribution in [2.45, 2.75) is 38.3 Å². The molecular weight excluding hydrogens is 362 g/mol. The van der Waals surface area contributed by atoms with Crippen molar-refractivity contribution in [3.05, 3.63) is 58.3 Å². The van der Waals surface area contributed by atoms with E-state index in [1.807, 2.05) is 61.7 Å². The second-order valence-corrected chi connectivity index (χ2v) is 7.52. The molecule has 2 heterocycles. The van der Waals surface area contributed by atoms with Crippen LogP contribution in [0.15, 0.2) is 47.8 Å². The Bertz CT molecular complexity index is 816. The standard InChI is InChI=1S/C20H23N3O3S/c1-3-20(4-2)18(25)23(19(26)22-20)13-16(24)21-17(15-11-8-12-27-15)14-9-6-5-7-10-14/h5-12,17H,3-4,13H2,1-2H3,(H,21,24)(H,22,26)/t17-/m0/s1. The number of thiophene rings is 1. The average Bonchev–Trinajstić information content (AvgIpc) is 3.30. The molecule has 27 heavy (non-hydrogen) atoms. The summed E-state index contributed by atoms with van der Waals surface area (Å²) < 4.78 is 0. The van der Waals surface area contributed by atoms with Crippen molar-refractivity contribution >= 4 is 29.2 Å². The van der Waals surface area contributed by atoms with Gasteiger partial charge in [0.05, 0.1) is 6.04 Å². The largest absolute Gasteiger partial charge is 0.343 e. The molecule has 2 aromatic rings. The molecule has 1 fully saturated rings.